The predicted molar refractivity (Wildman–Crippen MR) is 141 cm³/mol. The van der Waals surface area contributed by atoms with E-state index in [1.165, 1.54) is 116 Å². The smallest absolute Gasteiger partial charge is 0.225 e. The number of rotatable bonds is 25. The van der Waals surface area contributed by atoms with E-state index in [0.29, 0.717) is 6.42 Å². The van der Waals surface area contributed by atoms with E-state index in [2.05, 4.69) is 18.7 Å². The molecule has 32 heavy (non-hydrogen) atoms. The average molecular weight is 454 g/mol. The Labute approximate surface area is 202 Å². The topological polar surface area (TPSA) is 29.5 Å². The summed E-state index contributed by atoms with van der Waals surface area (Å²) in [5, 5.41) is 0. The maximum absolute atomic E-state index is 12.7. The van der Waals surface area contributed by atoms with Crippen LogP contribution in [0.15, 0.2) is 0 Å². The van der Waals surface area contributed by atoms with Gasteiger partial charge in [0.25, 0.3) is 0 Å². The van der Waals surface area contributed by atoms with Crippen LogP contribution < -0.4 is 0 Å². The highest BCUT2D eigenvalue weighted by Crippen LogP contribution is 2.14. The molecule has 0 aromatic heterocycles. The van der Waals surface area contributed by atoms with Crippen molar-refractivity contribution in [3.05, 3.63) is 0 Å². The zero-order chi connectivity index (χ0) is 23.7. The first kappa shape index (κ1) is 31.4. The molecule has 0 spiro atoms. The summed E-state index contributed by atoms with van der Waals surface area (Å²) in [6.07, 6.45) is 27.4. The van der Waals surface area contributed by atoms with Gasteiger partial charge in [-0.1, -0.05) is 129 Å². The van der Waals surface area contributed by atoms with Crippen molar-refractivity contribution in [1.82, 2.24) is 4.90 Å². The van der Waals surface area contributed by atoms with Gasteiger partial charge in [-0.3, -0.25) is 4.79 Å². The van der Waals surface area contributed by atoms with Gasteiger partial charge < -0.3 is 9.64 Å². The van der Waals surface area contributed by atoms with Gasteiger partial charge in [-0.25, -0.2) is 0 Å². The van der Waals surface area contributed by atoms with E-state index >= 15 is 0 Å². The fraction of sp³-hybridized carbons (Fsp3) is 0.966. The molecular formula is C29H59NO2. The number of nitrogens with zero attached hydrogens (tertiary/aromatic N) is 1. The Morgan fingerprint density at radius 2 is 0.906 bits per heavy atom. The highest BCUT2D eigenvalue weighted by Gasteiger charge is 2.16. The molecule has 0 N–H and O–H groups in total. The zero-order valence-corrected chi connectivity index (χ0v) is 22.6. The SMILES string of the molecule is CCCCCCCCCCCCN(CCCCCCCCCCCC)C(=O)CC(C)OC. The van der Waals surface area contributed by atoms with Crippen molar-refractivity contribution in [2.45, 2.75) is 162 Å². The van der Waals surface area contributed by atoms with Crippen molar-refractivity contribution in [2.24, 2.45) is 0 Å². The van der Waals surface area contributed by atoms with Crippen LogP contribution in [0, 0.1) is 0 Å². The lowest BCUT2D eigenvalue weighted by Crippen LogP contribution is -2.35. The summed E-state index contributed by atoms with van der Waals surface area (Å²) < 4.78 is 5.33. The summed E-state index contributed by atoms with van der Waals surface area (Å²) in [6.45, 7) is 8.42. The maximum atomic E-state index is 12.7. The van der Waals surface area contributed by atoms with Gasteiger partial charge >= 0.3 is 0 Å². The molecule has 0 saturated carbocycles. The number of methoxy groups -OCH3 is 1. The Morgan fingerprint density at radius 1 is 0.594 bits per heavy atom. The summed E-state index contributed by atoms with van der Waals surface area (Å²) in [7, 11) is 1.70. The second-order valence-corrected chi connectivity index (χ2v) is 10.00. The van der Waals surface area contributed by atoms with Gasteiger partial charge in [-0.15, -0.1) is 0 Å². The predicted octanol–water partition coefficient (Wildman–Crippen LogP) is 9.08. The molecule has 0 bridgehead atoms. The minimum Gasteiger partial charge on any atom is -0.381 e. The highest BCUT2D eigenvalue weighted by molar-refractivity contribution is 5.76. The van der Waals surface area contributed by atoms with Crippen molar-refractivity contribution < 1.29 is 9.53 Å². The third-order valence-electron chi connectivity index (χ3n) is 6.78. The lowest BCUT2D eigenvalue weighted by molar-refractivity contribution is -0.133. The van der Waals surface area contributed by atoms with Gasteiger partial charge in [0.2, 0.25) is 5.91 Å². The van der Waals surface area contributed by atoms with E-state index in [9.17, 15) is 4.79 Å². The molecule has 1 atom stereocenters. The van der Waals surface area contributed by atoms with Crippen LogP contribution in [-0.4, -0.2) is 37.1 Å². The van der Waals surface area contributed by atoms with Gasteiger partial charge in [0.1, 0.15) is 0 Å². The molecule has 1 unspecified atom stereocenters. The first-order valence-corrected chi connectivity index (χ1v) is 14.5. The summed E-state index contributed by atoms with van der Waals surface area (Å²) in [4.78, 5) is 14.9. The summed E-state index contributed by atoms with van der Waals surface area (Å²) in [6, 6.07) is 0. The summed E-state index contributed by atoms with van der Waals surface area (Å²) >= 11 is 0. The Bertz CT molecular complexity index is 361. The van der Waals surface area contributed by atoms with Crippen LogP contribution >= 0.6 is 0 Å². The Kier molecular flexibility index (Phi) is 24.6. The minimum absolute atomic E-state index is 0.0189. The van der Waals surface area contributed by atoms with Gasteiger partial charge in [-0.2, -0.15) is 0 Å². The molecule has 0 radical (unpaired) electrons. The van der Waals surface area contributed by atoms with E-state index < -0.39 is 0 Å². The number of hydrogen-bond donors (Lipinski definition) is 0. The normalized spacial score (nSPS) is 12.2. The second-order valence-electron chi connectivity index (χ2n) is 10.00. The number of amides is 1. The molecule has 3 nitrogen and oxygen atoms in total. The van der Waals surface area contributed by atoms with Crippen LogP contribution in [0.3, 0.4) is 0 Å². The summed E-state index contributed by atoms with van der Waals surface area (Å²) in [5.41, 5.74) is 0. The van der Waals surface area contributed by atoms with Crippen molar-refractivity contribution in [3.8, 4) is 0 Å². The number of unbranched alkanes of at least 4 members (excludes halogenated alkanes) is 18. The van der Waals surface area contributed by atoms with E-state index in [0.717, 1.165) is 25.9 Å². The fourth-order valence-electron chi connectivity index (χ4n) is 4.40. The number of carbonyl (C=O) groups excluding carboxylic acids is 1. The lowest BCUT2D eigenvalue weighted by Gasteiger charge is -2.24. The standard InChI is InChI=1S/C29H59NO2/c1-5-7-9-11-13-15-17-19-21-23-25-30(29(31)27-28(3)32-4)26-24-22-20-18-16-14-12-10-8-6-2/h28H,5-27H2,1-4H3. The van der Waals surface area contributed by atoms with Gasteiger partial charge in [0.15, 0.2) is 0 Å². The van der Waals surface area contributed by atoms with Crippen molar-refractivity contribution in [3.63, 3.8) is 0 Å². The fourth-order valence-corrected chi connectivity index (χ4v) is 4.40. The number of ether oxygens (including phenoxy) is 1. The molecular weight excluding hydrogens is 394 g/mol. The second kappa shape index (κ2) is 25.1. The first-order chi connectivity index (χ1) is 15.7. The number of hydrogen-bond acceptors (Lipinski definition) is 2. The maximum Gasteiger partial charge on any atom is 0.225 e. The monoisotopic (exact) mass is 453 g/mol. The molecule has 0 aromatic carbocycles. The lowest BCUT2D eigenvalue weighted by atomic mass is 10.1. The highest BCUT2D eigenvalue weighted by atomic mass is 16.5. The molecule has 0 rings (SSSR count). The van der Waals surface area contributed by atoms with Crippen LogP contribution in [0.5, 0.6) is 0 Å². The van der Waals surface area contributed by atoms with Crippen molar-refractivity contribution in [2.75, 3.05) is 20.2 Å². The third kappa shape index (κ3) is 21.3. The van der Waals surface area contributed by atoms with Gasteiger partial charge in [0, 0.05) is 20.2 Å². The van der Waals surface area contributed by atoms with Crippen LogP contribution in [0.25, 0.3) is 0 Å². The molecule has 0 heterocycles. The van der Waals surface area contributed by atoms with E-state index in [1.54, 1.807) is 7.11 Å². The van der Waals surface area contributed by atoms with Crippen molar-refractivity contribution >= 4 is 5.91 Å². The molecule has 1 amide bonds. The molecule has 192 valence electrons. The Morgan fingerprint density at radius 3 is 1.22 bits per heavy atom. The van der Waals surface area contributed by atoms with Crippen LogP contribution in [-0.2, 0) is 9.53 Å². The average Bonchev–Trinajstić information content (AvgIpc) is 2.79. The number of carbonyl (C=O) groups is 1. The minimum atomic E-state index is 0.0189. The molecule has 0 fully saturated rings. The Hall–Kier alpha value is -0.570. The molecule has 0 saturated heterocycles. The van der Waals surface area contributed by atoms with Crippen LogP contribution in [0.4, 0.5) is 0 Å². The van der Waals surface area contributed by atoms with E-state index in [-0.39, 0.29) is 12.0 Å². The largest absolute Gasteiger partial charge is 0.381 e. The van der Waals surface area contributed by atoms with Gasteiger partial charge in [-0.05, 0) is 19.8 Å². The van der Waals surface area contributed by atoms with Crippen LogP contribution in [0.2, 0.25) is 0 Å². The third-order valence-corrected chi connectivity index (χ3v) is 6.78. The summed E-state index contributed by atoms with van der Waals surface area (Å²) in [5.74, 6) is 0.284. The Balaban J connectivity index is 3.93. The van der Waals surface area contributed by atoms with E-state index in [4.69, 9.17) is 4.74 Å². The molecule has 0 aliphatic carbocycles. The van der Waals surface area contributed by atoms with Gasteiger partial charge in [0.05, 0.1) is 12.5 Å². The van der Waals surface area contributed by atoms with Crippen molar-refractivity contribution in [1.29, 1.82) is 0 Å². The van der Waals surface area contributed by atoms with Crippen LogP contribution in [0.1, 0.15) is 156 Å². The molecule has 0 aliphatic rings. The zero-order valence-electron chi connectivity index (χ0n) is 22.6. The van der Waals surface area contributed by atoms with E-state index in [1.807, 2.05) is 6.92 Å². The molecule has 3 heteroatoms. The quantitative estimate of drug-likeness (QED) is 0.129. The molecule has 0 aliphatic heterocycles. The first-order valence-electron chi connectivity index (χ1n) is 14.5. The molecule has 0 aromatic rings.